The van der Waals surface area contributed by atoms with Gasteiger partial charge in [0.05, 0.1) is 17.3 Å². The summed E-state index contributed by atoms with van der Waals surface area (Å²) in [6.07, 6.45) is 7.18. The van der Waals surface area contributed by atoms with Gasteiger partial charge in [0.2, 0.25) is 0 Å². The summed E-state index contributed by atoms with van der Waals surface area (Å²) in [5.41, 5.74) is 8.63. The highest BCUT2D eigenvalue weighted by Gasteiger charge is 2.48. The van der Waals surface area contributed by atoms with Gasteiger partial charge in [0.1, 0.15) is 0 Å². The molecule has 0 heterocycles. The molecule has 1 aromatic carbocycles. The van der Waals surface area contributed by atoms with Gasteiger partial charge in [-0.3, -0.25) is 0 Å². The molecule has 0 unspecified atom stereocenters. The maximum Gasteiger partial charge on any atom is 0.0992 e. The second kappa shape index (κ2) is 4.79. The quantitative estimate of drug-likeness (QED) is 0.826. The van der Waals surface area contributed by atoms with E-state index in [4.69, 9.17) is 5.26 Å². The molecule has 2 N–H and O–H groups in total. The minimum atomic E-state index is 0.619. The Morgan fingerprint density at radius 3 is 2.35 bits per heavy atom. The van der Waals surface area contributed by atoms with Gasteiger partial charge in [-0.1, -0.05) is 6.07 Å². The number of anilines is 1. The summed E-state index contributed by atoms with van der Waals surface area (Å²) in [7, 11) is 0. The summed E-state index contributed by atoms with van der Waals surface area (Å²) < 4.78 is 0. The average molecular weight is 267 g/mol. The molecule has 0 amide bonds. The van der Waals surface area contributed by atoms with Gasteiger partial charge >= 0.3 is 0 Å². The van der Waals surface area contributed by atoms with Crippen molar-refractivity contribution in [1.82, 2.24) is 5.43 Å². The minimum absolute atomic E-state index is 0.619. The number of hydrazine groups is 1. The lowest BCUT2D eigenvalue weighted by Gasteiger charge is -2.54. The van der Waals surface area contributed by atoms with Gasteiger partial charge in [0.15, 0.2) is 0 Å². The molecule has 20 heavy (non-hydrogen) atoms. The van der Waals surface area contributed by atoms with Crippen molar-refractivity contribution < 1.29 is 0 Å². The Bertz CT molecular complexity index is 517. The molecular formula is C17H21N3. The van der Waals surface area contributed by atoms with E-state index in [0.717, 1.165) is 29.4 Å². The molecule has 0 radical (unpaired) electrons. The first-order chi connectivity index (χ1) is 9.81. The third kappa shape index (κ3) is 2.09. The Kier molecular flexibility index (Phi) is 2.93. The van der Waals surface area contributed by atoms with Crippen LogP contribution in [0.5, 0.6) is 0 Å². The summed E-state index contributed by atoms with van der Waals surface area (Å²) in [5, 5.41) is 8.95. The zero-order valence-corrected chi connectivity index (χ0v) is 11.7. The molecular weight excluding hydrogens is 246 g/mol. The SMILES string of the molecule is N#Cc1cccc(NNC2C3CC4CC(C3)CC2C4)c1. The Labute approximate surface area is 120 Å². The summed E-state index contributed by atoms with van der Waals surface area (Å²) in [5.74, 6) is 3.74. The molecule has 1 aromatic rings. The number of benzene rings is 1. The molecule has 4 aliphatic carbocycles. The molecule has 3 nitrogen and oxygen atoms in total. The molecule has 0 aromatic heterocycles. The fourth-order valence-corrected chi connectivity index (χ4v) is 4.99. The highest BCUT2D eigenvalue weighted by Crippen LogP contribution is 2.53. The highest BCUT2D eigenvalue weighted by atomic mass is 15.4. The molecule has 0 atom stereocenters. The number of rotatable bonds is 3. The number of hydrogen-bond donors (Lipinski definition) is 2. The average Bonchev–Trinajstić information content (AvgIpc) is 2.46. The van der Waals surface area contributed by atoms with Crippen LogP contribution in [0.4, 0.5) is 5.69 Å². The van der Waals surface area contributed by atoms with Gasteiger partial charge in [-0.25, -0.2) is 5.43 Å². The van der Waals surface area contributed by atoms with E-state index in [1.807, 2.05) is 24.3 Å². The molecule has 0 saturated heterocycles. The number of nitrogens with zero attached hydrogens (tertiary/aromatic N) is 1. The van der Waals surface area contributed by atoms with Crippen LogP contribution < -0.4 is 10.9 Å². The third-order valence-electron chi connectivity index (χ3n) is 5.60. The van der Waals surface area contributed by atoms with Crippen LogP contribution in [0.25, 0.3) is 0 Å². The molecule has 5 rings (SSSR count). The Balaban J connectivity index is 1.43. The zero-order valence-electron chi connectivity index (χ0n) is 11.7. The van der Waals surface area contributed by atoms with Crippen molar-refractivity contribution in [3.8, 4) is 6.07 Å². The van der Waals surface area contributed by atoms with Gasteiger partial charge in [-0.05, 0) is 74.0 Å². The van der Waals surface area contributed by atoms with Gasteiger partial charge in [-0.2, -0.15) is 5.26 Å². The topological polar surface area (TPSA) is 47.9 Å². The van der Waals surface area contributed by atoms with E-state index in [2.05, 4.69) is 16.9 Å². The first-order valence-electron chi connectivity index (χ1n) is 7.83. The molecule has 3 heteroatoms. The van der Waals surface area contributed by atoms with Crippen LogP contribution in [0.1, 0.15) is 37.7 Å². The predicted molar refractivity (Wildman–Crippen MR) is 78.7 cm³/mol. The van der Waals surface area contributed by atoms with Crippen molar-refractivity contribution in [2.75, 3.05) is 5.43 Å². The van der Waals surface area contributed by atoms with Crippen LogP contribution in [0.3, 0.4) is 0 Å². The normalized spacial score (nSPS) is 37.6. The van der Waals surface area contributed by atoms with Crippen molar-refractivity contribution in [2.24, 2.45) is 23.7 Å². The highest BCUT2D eigenvalue weighted by molar-refractivity contribution is 5.48. The van der Waals surface area contributed by atoms with Gasteiger partial charge in [-0.15, -0.1) is 0 Å². The molecule has 104 valence electrons. The first kappa shape index (κ1) is 12.2. The van der Waals surface area contributed by atoms with E-state index in [9.17, 15) is 0 Å². The lowest BCUT2D eigenvalue weighted by molar-refractivity contribution is -0.0110. The maximum atomic E-state index is 8.95. The van der Waals surface area contributed by atoms with Crippen molar-refractivity contribution >= 4 is 5.69 Å². The van der Waals surface area contributed by atoms with Crippen LogP contribution >= 0.6 is 0 Å². The van der Waals surface area contributed by atoms with E-state index < -0.39 is 0 Å². The predicted octanol–water partition coefficient (Wildman–Crippen LogP) is 3.30. The molecule has 4 fully saturated rings. The first-order valence-corrected chi connectivity index (χ1v) is 7.83. The van der Waals surface area contributed by atoms with E-state index in [-0.39, 0.29) is 0 Å². The van der Waals surface area contributed by atoms with Crippen LogP contribution in [0.2, 0.25) is 0 Å². The maximum absolute atomic E-state index is 8.95. The second-order valence-electron chi connectivity index (χ2n) is 6.92. The van der Waals surface area contributed by atoms with Gasteiger partial charge < -0.3 is 5.43 Å². The van der Waals surface area contributed by atoms with E-state index in [0.29, 0.717) is 11.6 Å². The zero-order chi connectivity index (χ0) is 13.5. The fraction of sp³-hybridized carbons (Fsp3) is 0.588. The summed E-state index contributed by atoms with van der Waals surface area (Å²) >= 11 is 0. The molecule has 4 bridgehead atoms. The second-order valence-corrected chi connectivity index (χ2v) is 6.92. The van der Waals surface area contributed by atoms with Crippen LogP contribution in [-0.4, -0.2) is 6.04 Å². The minimum Gasteiger partial charge on any atom is -0.321 e. The molecule has 0 spiro atoms. The molecule has 4 aliphatic rings. The van der Waals surface area contributed by atoms with Crippen LogP contribution in [0, 0.1) is 35.0 Å². The van der Waals surface area contributed by atoms with Gasteiger partial charge in [0, 0.05) is 6.04 Å². The van der Waals surface area contributed by atoms with E-state index in [1.54, 1.807) is 0 Å². The summed E-state index contributed by atoms with van der Waals surface area (Å²) in [6.45, 7) is 0. The number of nitrogens with one attached hydrogen (secondary N) is 2. The van der Waals surface area contributed by atoms with Crippen molar-refractivity contribution in [1.29, 1.82) is 5.26 Å². The largest absolute Gasteiger partial charge is 0.321 e. The Morgan fingerprint density at radius 1 is 1.00 bits per heavy atom. The Morgan fingerprint density at radius 2 is 1.70 bits per heavy atom. The fourth-order valence-electron chi connectivity index (χ4n) is 4.99. The van der Waals surface area contributed by atoms with Crippen LogP contribution in [0.15, 0.2) is 24.3 Å². The van der Waals surface area contributed by atoms with Gasteiger partial charge in [0.25, 0.3) is 0 Å². The molecule has 0 aliphatic heterocycles. The lowest BCUT2D eigenvalue weighted by atomic mass is 9.54. The molecule has 4 saturated carbocycles. The number of nitriles is 1. The summed E-state index contributed by atoms with van der Waals surface area (Å²) in [6, 6.07) is 10.5. The standard InChI is InChI=1S/C17H21N3/c18-10-11-2-1-3-16(9-11)19-20-17-14-5-12-4-13(7-14)8-15(17)6-12/h1-3,9,12-15,17,19-20H,4-8H2. The van der Waals surface area contributed by atoms with Crippen molar-refractivity contribution in [2.45, 2.75) is 38.1 Å². The summed E-state index contributed by atoms with van der Waals surface area (Å²) in [4.78, 5) is 0. The van der Waals surface area contributed by atoms with Crippen molar-refractivity contribution in [3.05, 3.63) is 29.8 Å². The Hall–Kier alpha value is -1.53. The lowest BCUT2D eigenvalue weighted by Crippen LogP contribution is -2.55. The monoisotopic (exact) mass is 267 g/mol. The third-order valence-corrected chi connectivity index (χ3v) is 5.60. The van der Waals surface area contributed by atoms with Crippen molar-refractivity contribution in [3.63, 3.8) is 0 Å². The van der Waals surface area contributed by atoms with Crippen LogP contribution in [-0.2, 0) is 0 Å². The van der Waals surface area contributed by atoms with E-state index >= 15 is 0 Å². The smallest absolute Gasteiger partial charge is 0.0992 e. The van der Waals surface area contributed by atoms with E-state index in [1.165, 1.54) is 32.1 Å². The number of hydrogen-bond acceptors (Lipinski definition) is 3.